The molecular formula is C30H37N3O4S. The van der Waals surface area contributed by atoms with Crippen LogP contribution in [0, 0.1) is 27.7 Å². The van der Waals surface area contributed by atoms with Crippen LogP contribution in [-0.2, 0) is 26.2 Å². The summed E-state index contributed by atoms with van der Waals surface area (Å²) in [6, 6.07) is 18.9. The minimum absolute atomic E-state index is 0.0951. The Morgan fingerprint density at radius 3 is 1.95 bits per heavy atom. The second-order valence-corrected chi connectivity index (χ2v) is 11.6. The van der Waals surface area contributed by atoms with Gasteiger partial charge >= 0.3 is 0 Å². The SMILES string of the molecule is CCNC(=O)C(C)N(Cc1ccc(C)cc1)C(=O)CN(c1ccc(C)cc1C)S(=O)(=O)c1ccc(C)cc1. The molecule has 7 nitrogen and oxygen atoms in total. The van der Waals surface area contributed by atoms with Crippen LogP contribution in [0.2, 0.25) is 0 Å². The lowest BCUT2D eigenvalue weighted by Crippen LogP contribution is -2.51. The van der Waals surface area contributed by atoms with E-state index in [2.05, 4.69) is 5.32 Å². The number of nitrogens with one attached hydrogen (secondary N) is 1. The Hall–Kier alpha value is -3.65. The lowest BCUT2D eigenvalue weighted by atomic mass is 10.1. The van der Waals surface area contributed by atoms with Gasteiger partial charge in [0.25, 0.3) is 10.0 Å². The van der Waals surface area contributed by atoms with Gasteiger partial charge in [-0.2, -0.15) is 0 Å². The Morgan fingerprint density at radius 1 is 0.842 bits per heavy atom. The molecule has 0 bridgehead atoms. The van der Waals surface area contributed by atoms with Crippen molar-refractivity contribution in [1.82, 2.24) is 10.2 Å². The fourth-order valence-electron chi connectivity index (χ4n) is 4.23. The number of amides is 2. The second-order valence-electron chi connectivity index (χ2n) is 9.69. The highest BCUT2D eigenvalue weighted by Crippen LogP contribution is 2.28. The molecule has 0 aromatic heterocycles. The maximum Gasteiger partial charge on any atom is 0.264 e. The van der Waals surface area contributed by atoms with Crippen molar-refractivity contribution in [2.45, 2.75) is 59.0 Å². The molecule has 0 spiro atoms. The summed E-state index contributed by atoms with van der Waals surface area (Å²) >= 11 is 0. The van der Waals surface area contributed by atoms with Gasteiger partial charge in [-0.15, -0.1) is 0 Å². The Bertz CT molecular complexity index is 1380. The number of hydrogen-bond donors (Lipinski definition) is 1. The van der Waals surface area contributed by atoms with Crippen molar-refractivity contribution in [3.8, 4) is 0 Å². The number of carbonyl (C=O) groups is 2. The van der Waals surface area contributed by atoms with Crippen molar-refractivity contribution in [3.05, 3.63) is 94.5 Å². The van der Waals surface area contributed by atoms with Gasteiger partial charge in [-0.3, -0.25) is 13.9 Å². The standard InChI is InChI=1S/C30H37N3O4S/c1-7-31-30(35)25(6)32(19-26-13-8-21(2)9-14-26)29(34)20-33(28-17-12-23(4)18-24(28)5)38(36,37)27-15-10-22(3)11-16-27/h8-18,25H,7,19-20H2,1-6H3,(H,31,35). The van der Waals surface area contributed by atoms with Crippen LogP contribution in [0.1, 0.15) is 41.7 Å². The highest BCUT2D eigenvalue weighted by atomic mass is 32.2. The number of hydrogen-bond acceptors (Lipinski definition) is 4. The van der Waals surface area contributed by atoms with Crippen molar-refractivity contribution in [2.75, 3.05) is 17.4 Å². The Kier molecular flexibility index (Phi) is 9.33. The average Bonchev–Trinajstić information content (AvgIpc) is 2.87. The number of aryl methyl sites for hydroxylation is 4. The molecule has 0 heterocycles. The van der Waals surface area contributed by atoms with Crippen LogP contribution in [0.3, 0.4) is 0 Å². The molecule has 3 rings (SSSR count). The van der Waals surface area contributed by atoms with Crippen LogP contribution in [0.25, 0.3) is 0 Å². The molecule has 2 amide bonds. The predicted octanol–water partition coefficient (Wildman–Crippen LogP) is 4.67. The maximum absolute atomic E-state index is 13.9. The molecular weight excluding hydrogens is 498 g/mol. The third-order valence-electron chi connectivity index (χ3n) is 6.50. The first-order valence-corrected chi connectivity index (χ1v) is 14.2. The van der Waals surface area contributed by atoms with E-state index >= 15 is 0 Å². The third kappa shape index (κ3) is 6.81. The number of carbonyl (C=O) groups excluding carboxylic acids is 2. The molecule has 1 unspecified atom stereocenters. The molecule has 3 aromatic carbocycles. The van der Waals surface area contributed by atoms with E-state index in [1.165, 1.54) is 4.90 Å². The molecule has 0 aliphatic rings. The second kappa shape index (κ2) is 12.3. The van der Waals surface area contributed by atoms with Gasteiger partial charge in [-0.1, -0.05) is 65.2 Å². The van der Waals surface area contributed by atoms with Gasteiger partial charge in [0.2, 0.25) is 11.8 Å². The van der Waals surface area contributed by atoms with E-state index < -0.39 is 28.5 Å². The van der Waals surface area contributed by atoms with E-state index in [9.17, 15) is 18.0 Å². The summed E-state index contributed by atoms with van der Waals surface area (Å²) in [4.78, 5) is 28.2. The van der Waals surface area contributed by atoms with Gasteiger partial charge in [0, 0.05) is 13.1 Å². The van der Waals surface area contributed by atoms with Crippen LogP contribution in [0.15, 0.2) is 71.6 Å². The van der Waals surface area contributed by atoms with Crippen molar-refractivity contribution in [2.24, 2.45) is 0 Å². The molecule has 1 atom stereocenters. The minimum atomic E-state index is -4.08. The van der Waals surface area contributed by atoms with Crippen molar-refractivity contribution in [1.29, 1.82) is 0 Å². The van der Waals surface area contributed by atoms with Gasteiger partial charge in [-0.05, 0) is 70.9 Å². The molecule has 0 radical (unpaired) electrons. The van der Waals surface area contributed by atoms with Gasteiger partial charge in [0.05, 0.1) is 10.6 Å². The molecule has 0 aliphatic heterocycles. The van der Waals surface area contributed by atoms with E-state index in [0.717, 1.165) is 32.1 Å². The first kappa shape index (κ1) is 28.9. The largest absolute Gasteiger partial charge is 0.355 e. The van der Waals surface area contributed by atoms with E-state index in [0.29, 0.717) is 12.2 Å². The van der Waals surface area contributed by atoms with Crippen LogP contribution in [0.5, 0.6) is 0 Å². The van der Waals surface area contributed by atoms with Crippen LogP contribution >= 0.6 is 0 Å². The zero-order valence-electron chi connectivity index (χ0n) is 23.0. The summed E-state index contributed by atoms with van der Waals surface area (Å²) in [5, 5.41) is 2.77. The fraction of sp³-hybridized carbons (Fsp3) is 0.333. The number of nitrogens with zero attached hydrogens (tertiary/aromatic N) is 2. The Morgan fingerprint density at radius 2 is 1.39 bits per heavy atom. The minimum Gasteiger partial charge on any atom is -0.355 e. The predicted molar refractivity (Wildman–Crippen MR) is 152 cm³/mol. The summed E-state index contributed by atoms with van der Waals surface area (Å²) < 4.78 is 29.0. The lowest BCUT2D eigenvalue weighted by Gasteiger charge is -2.32. The van der Waals surface area contributed by atoms with Crippen LogP contribution < -0.4 is 9.62 Å². The van der Waals surface area contributed by atoms with E-state index in [1.807, 2.05) is 71.0 Å². The molecule has 0 saturated carbocycles. The highest BCUT2D eigenvalue weighted by molar-refractivity contribution is 7.92. The monoisotopic (exact) mass is 535 g/mol. The van der Waals surface area contributed by atoms with Gasteiger partial charge in [0.1, 0.15) is 12.6 Å². The van der Waals surface area contributed by atoms with E-state index in [1.54, 1.807) is 37.3 Å². The normalized spacial score (nSPS) is 12.1. The summed E-state index contributed by atoms with van der Waals surface area (Å²) in [5.74, 6) is -0.771. The zero-order chi connectivity index (χ0) is 28.0. The number of sulfonamides is 1. The number of likely N-dealkylation sites (N-methyl/N-ethyl adjacent to an activating group) is 1. The Balaban J connectivity index is 2.06. The zero-order valence-corrected chi connectivity index (χ0v) is 23.8. The Labute approximate surface area is 226 Å². The van der Waals surface area contributed by atoms with Crippen molar-refractivity contribution in [3.63, 3.8) is 0 Å². The lowest BCUT2D eigenvalue weighted by molar-refractivity contribution is -0.139. The smallest absolute Gasteiger partial charge is 0.264 e. The van der Waals surface area contributed by atoms with E-state index in [-0.39, 0.29) is 17.3 Å². The third-order valence-corrected chi connectivity index (χ3v) is 8.27. The molecule has 8 heteroatoms. The van der Waals surface area contributed by atoms with Gasteiger partial charge in [-0.25, -0.2) is 8.42 Å². The molecule has 0 saturated heterocycles. The number of anilines is 1. The molecule has 0 aliphatic carbocycles. The molecule has 3 aromatic rings. The summed E-state index contributed by atoms with van der Waals surface area (Å²) in [7, 11) is -4.08. The van der Waals surface area contributed by atoms with E-state index in [4.69, 9.17) is 0 Å². The first-order chi connectivity index (χ1) is 17.9. The maximum atomic E-state index is 13.9. The molecule has 38 heavy (non-hydrogen) atoms. The van der Waals surface area contributed by atoms with Gasteiger partial charge < -0.3 is 10.2 Å². The van der Waals surface area contributed by atoms with Crippen LogP contribution in [0.4, 0.5) is 5.69 Å². The van der Waals surface area contributed by atoms with Crippen LogP contribution in [-0.4, -0.2) is 44.3 Å². The summed E-state index contributed by atoms with van der Waals surface area (Å²) in [5.41, 5.74) is 4.99. The fourth-order valence-corrected chi connectivity index (χ4v) is 5.71. The first-order valence-electron chi connectivity index (χ1n) is 12.7. The topological polar surface area (TPSA) is 86.8 Å². The average molecular weight is 536 g/mol. The van der Waals surface area contributed by atoms with Gasteiger partial charge in [0.15, 0.2) is 0 Å². The molecule has 0 fully saturated rings. The summed E-state index contributed by atoms with van der Waals surface area (Å²) in [6.45, 7) is 11.2. The van der Waals surface area contributed by atoms with Crippen molar-refractivity contribution >= 4 is 27.5 Å². The van der Waals surface area contributed by atoms with Crippen molar-refractivity contribution < 1.29 is 18.0 Å². The number of rotatable bonds is 10. The molecule has 1 N–H and O–H groups in total. The number of benzene rings is 3. The highest BCUT2D eigenvalue weighted by Gasteiger charge is 2.33. The molecule has 202 valence electrons. The quantitative estimate of drug-likeness (QED) is 0.409. The summed E-state index contributed by atoms with van der Waals surface area (Å²) in [6.07, 6.45) is 0.